The maximum atomic E-state index is 12.9. The zero-order valence-electron chi connectivity index (χ0n) is 15.2. The summed E-state index contributed by atoms with van der Waals surface area (Å²) in [5.41, 5.74) is 2.81. The van der Waals surface area contributed by atoms with E-state index in [0.29, 0.717) is 26.2 Å². The number of hydrogen-bond acceptors (Lipinski definition) is 4. The highest BCUT2D eigenvalue weighted by Gasteiger charge is 2.25. The predicted octanol–water partition coefficient (Wildman–Crippen LogP) is 1.88. The number of aliphatic hydroxyl groups excluding tert-OH is 1. The molecule has 1 aliphatic rings. The lowest BCUT2D eigenvalue weighted by molar-refractivity contribution is 0.0553. The number of piperazine rings is 1. The molecular formula is C19H27N3O3. The van der Waals surface area contributed by atoms with Gasteiger partial charge in [-0.15, -0.1) is 0 Å². The molecule has 3 rings (SSSR count). The van der Waals surface area contributed by atoms with E-state index in [1.165, 1.54) is 0 Å². The molecule has 1 saturated heterocycles. The molecule has 2 aromatic rings. The van der Waals surface area contributed by atoms with Crippen LogP contribution in [-0.2, 0) is 6.54 Å². The molecule has 0 aromatic carbocycles. The predicted molar refractivity (Wildman–Crippen MR) is 95.7 cm³/mol. The molecule has 6 nitrogen and oxygen atoms in total. The zero-order valence-corrected chi connectivity index (χ0v) is 15.2. The monoisotopic (exact) mass is 345 g/mol. The van der Waals surface area contributed by atoms with Gasteiger partial charge in [0, 0.05) is 44.1 Å². The highest BCUT2D eigenvalue weighted by molar-refractivity contribution is 5.95. The van der Waals surface area contributed by atoms with Gasteiger partial charge in [-0.2, -0.15) is 0 Å². The number of aliphatic hydroxyl groups is 1. The number of furan rings is 1. The van der Waals surface area contributed by atoms with Crippen molar-refractivity contribution in [1.29, 1.82) is 0 Å². The average molecular weight is 345 g/mol. The summed E-state index contributed by atoms with van der Waals surface area (Å²) in [6, 6.07) is 5.80. The van der Waals surface area contributed by atoms with Crippen molar-refractivity contribution in [2.75, 3.05) is 32.7 Å². The minimum atomic E-state index is -0.331. The lowest BCUT2D eigenvalue weighted by Gasteiger charge is -2.35. The molecule has 2 aromatic heterocycles. The number of amides is 1. The molecule has 1 aliphatic heterocycles. The second kappa shape index (κ2) is 7.45. The van der Waals surface area contributed by atoms with E-state index in [1.54, 1.807) is 13.2 Å². The molecule has 136 valence electrons. The van der Waals surface area contributed by atoms with Gasteiger partial charge in [0.2, 0.25) is 0 Å². The van der Waals surface area contributed by atoms with Gasteiger partial charge < -0.3 is 19.0 Å². The third kappa shape index (κ3) is 3.96. The van der Waals surface area contributed by atoms with Crippen LogP contribution < -0.4 is 0 Å². The Balaban J connectivity index is 1.69. The Morgan fingerprint density at radius 2 is 2.00 bits per heavy atom. The maximum Gasteiger partial charge on any atom is 0.255 e. The summed E-state index contributed by atoms with van der Waals surface area (Å²) < 4.78 is 7.56. The summed E-state index contributed by atoms with van der Waals surface area (Å²) in [7, 11) is 0. The van der Waals surface area contributed by atoms with Gasteiger partial charge in [0.05, 0.1) is 24.5 Å². The molecule has 0 unspecified atom stereocenters. The molecule has 0 saturated carbocycles. The first-order valence-electron chi connectivity index (χ1n) is 8.84. The van der Waals surface area contributed by atoms with Crippen LogP contribution >= 0.6 is 0 Å². The quantitative estimate of drug-likeness (QED) is 0.899. The minimum absolute atomic E-state index is 0.0930. The van der Waals surface area contributed by atoms with Crippen molar-refractivity contribution >= 4 is 5.91 Å². The van der Waals surface area contributed by atoms with E-state index >= 15 is 0 Å². The number of hydrogen-bond donors (Lipinski definition) is 1. The largest absolute Gasteiger partial charge is 0.467 e. The standard InChI is InChI=1S/C19H27N3O3/c1-14-11-18(16(3)22(14)13-17-5-4-10-25-17)19(24)21-8-6-20(7-9-21)12-15(2)23/h4-5,10-11,15,23H,6-9,12-13H2,1-3H3/t15-/m0/s1. The molecule has 1 fully saturated rings. The lowest BCUT2D eigenvalue weighted by Crippen LogP contribution is -2.50. The molecule has 1 atom stereocenters. The number of carbonyl (C=O) groups is 1. The molecule has 1 amide bonds. The van der Waals surface area contributed by atoms with Gasteiger partial charge in [-0.3, -0.25) is 9.69 Å². The Hall–Kier alpha value is -2.05. The van der Waals surface area contributed by atoms with Crippen LogP contribution in [0.25, 0.3) is 0 Å². The highest BCUT2D eigenvalue weighted by Crippen LogP contribution is 2.20. The van der Waals surface area contributed by atoms with Crippen molar-refractivity contribution in [3.05, 3.63) is 47.2 Å². The van der Waals surface area contributed by atoms with Gasteiger partial charge in [-0.1, -0.05) is 0 Å². The van der Waals surface area contributed by atoms with Crippen LogP contribution in [0, 0.1) is 13.8 Å². The molecule has 0 aliphatic carbocycles. The first-order valence-corrected chi connectivity index (χ1v) is 8.84. The van der Waals surface area contributed by atoms with Crippen molar-refractivity contribution in [2.24, 2.45) is 0 Å². The Labute approximate surface area is 148 Å². The summed E-state index contributed by atoms with van der Waals surface area (Å²) >= 11 is 0. The minimum Gasteiger partial charge on any atom is -0.467 e. The van der Waals surface area contributed by atoms with Crippen LogP contribution in [0.5, 0.6) is 0 Å². The fraction of sp³-hybridized carbons (Fsp3) is 0.526. The number of rotatable bonds is 5. The van der Waals surface area contributed by atoms with Crippen LogP contribution in [-0.4, -0.2) is 64.2 Å². The number of aryl methyl sites for hydroxylation is 1. The van der Waals surface area contributed by atoms with E-state index in [0.717, 1.165) is 35.8 Å². The van der Waals surface area contributed by atoms with Gasteiger partial charge in [0.15, 0.2) is 0 Å². The molecule has 3 heterocycles. The summed E-state index contributed by atoms with van der Waals surface area (Å²) in [6.07, 6.45) is 1.34. The van der Waals surface area contributed by atoms with Gasteiger partial charge in [-0.05, 0) is 39.0 Å². The number of nitrogens with zero attached hydrogens (tertiary/aromatic N) is 3. The van der Waals surface area contributed by atoms with Crippen molar-refractivity contribution in [3.63, 3.8) is 0 Å². The van der Waals surface area contributed by atoms with Gasteiger partial charge >= 0.3 is 0 Å². The van der Waals surface area contributed by atoms with Crippen LogP contribution in [0.2, 0.25) is 0 Å². The molecule has 0 spiro atoms. The zero-order chi connectivity index (χ0) is 18.0. The Kier molecular flexibility index (Phi) is 5.30. The summed E-state index contributed by atoms with van der Waals surface area (Å²) in [4.78, 5) is 17.1. The number of carbonyl (C=O) groups excluding carboxylic acids is 1. The lowest BCUT2D eigenvalue weighted by atomic mass is 10.2. The topological polar surface area (TPSA) is 61.9 Å². The Morgan fingerprint density at radius 3 is 2.60 bits per heavy atom. The van der Waals surface area contributed by atoms with E-state index in [4.69, 9.17) is 4.42 Å². The Bertz CT molecular complexity index is 711. The van der Waals surface area contributed by atoms with Crippen LogP contribution in [0.4, 0.5) is 0 Å². The summed E-state index contributed by atoms with van der Waals surface area (Å²) in [5, 5.41) is 9.50. The molecule has 6 heteroatoms. The van der Waals surface area contributed by atoms with Crippen molar-refractivity contribution in [1.82, 2.24) is 14.4 Å². The van der Waals surface area contributed by atoms with Crippen LogP contribution in [0.15, 0.2) is 28.9 Å². The average Bonchev–Trinajstić information content (AvgIpc) is 3.18. The molecule has 1 N–H and O–H groups in total. The molecule has 0 bridgehead atoms. The third-order valence-electron chi connectivity index (χ3n) is 4.88. The highest BCUT2D eigenvalue weighted by atomic mass is 16.3. The van der Waals surface area contributed by atoms with Crippen LogP contribution in [0.3, 0.4) is 0 Å². The van der Waals surface area contributed by atoms with E-state index < -0.39 is 0 Å². The molecule has 25 heavy (non-hydrogen) atoms. The van der Waals surface area contributed by atoms with Gasteiger partial charge in [0.25, 0.3) is 5.91 Å². The number of β-amino-alcohol motifs (C(OH)–C–C–N with tert-alkyl or cyclic N) is 1. The van der Waals surface area contributed by atoms with Crippen molar-refractivity contribution in [2.45, 2.75) is 33.4 Å². The normalized spacial score (nSPS) is 17.0. The summed E-state index contributed by atoms with van der Waals surface area (Å²) in [5.74, 6) is 0.975. The third-order valence-corrected chi connectivity index (χ3v) is 4.88. The van der Waals surface area contributed by atoms with E-state index in [2.05, 4.69) is 9.47 Å². The van der Waals surface area contributed by atoms with Gasteiger partial charge in [0.1, 0.15) is 5.76 Å². The molecular weight excluding hydrogens is 318 g/mol. The fourth-order valence-corrected chi connectivity index (χ4v) is 3.50. The van der Waals surface area contributed by atoms with E-state index in [9.17, 15) is 9.90 Å². The second-order valence-electron chi connectivity index (χ2n) is 6.89. The van der Waals surface area contributed by atoms with Crippen LogP contribution in [0.1, 0.15) is 34.4 Å². The first kappa shape index (κ1) is 17.8. The SMILES string of the molecule is Cc1cc(C(=O)N2CCN(C[C@H](C)O)CC2)c(C)n1Cc1ccco1. The maximum absolute atomic E-state index is 12.9. The van der Waals surface area contributed by atoms with Crippen molar-refractivity contribution in [3.8, 4) is 0 Å². The smallest absolute Gasteiger partial charge is 0.255 e. The number of aromatic nitrogens is 1. The molecule has 0 radical (unpaired) electrons. The second-order valence-corrected chi connectivity index (χ2v) is 6.89. The first-order chi connectivity index (χ1) is 12.0. The van der Waals surface area contributed by atoms with E-state index in [-0.39, 0.29) is 12.0 Å². The Morgan fingerprint density at radius 1 is 1.28 bits per heavy atom. The van der Waals surface area contributed by atoms with E-state index in [1.807, 2.05) is 36.9 Å². The summed E-state index contributed by atoms with van der Waals surface area (Å²) in [6.45, 7) is 10.1. The van der Waals surface area contributed by atoms with Crippen molar-refractivity contribution < 1.29 is 14.3 Å². The van der Waals surface area contributed by atoms with Gasteiger partial charge in [-0.25, -0.2) is 0 Å². The fourth-order valence-electron chi connectivity index (χ4n) is 3.50.